The second kappa shape index (κ2) is 8.95. The summed E-state index contributed by atoms with van der Waals surface area (Å²) in [6, 6.07) is 14.2. The summed E-state index contributed by atoms with van der Waals surface area (Å²) < 4.78 is 40.9. The number of sulfonamides is 1. The summed E-state index contributed by atoms with van der Waals surface area (Å²) in [5, 5.41) is 0. The molecule has 0 aromatic heterocycles. The number of benzene rings is 2. The van der Waals surface area contributed by atoms with Crippen LogP contribution in [-0.2, 0) is 16.4 Å². The Labute approximate surface area is 161 Å². The van der Waals surface area contributed by atoms with Crippen LogP contribution in [0.5, 0.6) is 0 Å². The molecule has 1 aliphatic heterocycles. The highest BCUT2D eigenvalue weighted by Gasteiger charge is 2.22. The lowest BCUT2D eigenvalue weighted by Gasteiger charge is -2.32. The van der Waals surface area contributed by atoms with E-state index in [1.807, 2.05) is 6.07 Å². The van der Waals surface area contributed by atoms with Gasteiger partial charge in [-0.1, -0.05) is 30.3 Å². The number of likely N-dealkylation sites (tertiary alicyclic amines) is 1. The van der Waals surface area contributed by atoms with Crippen molar-refractivity contribution in [2.75, 3.05) is 26.2 Å². The zero-order valence-electron chi connectivity index (χ0n) is 15.7. The third kappa shape index (κ3) is 5.61. The first-order valence-electron chi connectivity index (χ1n) is 9.46. The lowest BCUT2D eigenvalue weighted by molar-refractivity contribution is 0.187. The van der Waals surface area contributed by atoms with Gasteiger partial charge in [-0.05, 0) is 74.5 Å². The van der Waals surface area contributed by atoms with E-state index in [4.69, 9.17) is 0 Å². The average molecular weight is 391 g/mol. The Morgan fingerprint density at radius 3 is 2.48 bits per heavy atom. The van der Waals surface area contributed by atoms with Crippen molar-refractivity contribution in [3.05, 3.63) is 65.5 Å². The molecule has 0 saturated carbocycles. The second-order valence-corrected chi connectivity index (χ2v) is 9.02. The fourth-order valence-electron chi connectivity index (χ4n) is 3.57. The van der Waals surface area contributed by atoms with E-state index in [0.29, 0.717) is 18.0 Å². The first kappa shape index (κ1) is 20.0. The molecule has 2 aromatic rings. The molecule has 6 heteroatoms. The number of hydrogen-bond acceptors (Lipinski definition) is 3. The van der Waals surface area contributed by atoms with Crippen LogP contribution in [0.3, 0.4) is 0 Å². The number of hydrogen-bond donors (Lipinski definition) is 1. The molecule has 1 fully saturated rings. The largest absolute Gasteiger partial charge is 0.303 e. The minimum atomic E-state index is -3.60. The summed E-state index contributed by atoms with van der Waals surface area (Å²) in [6.07, 6.45) is 3.02. The van der Waals surface area contributed by atoms with Gasteiger partial charge in [-0.25, -0.2) is 17.5 Å². The van der Waals surface area contributed by atoms with Gasteiger partial charge in [0.2, 0.25) is 10.0 Å². The van der Waals surface area contributed by atoms with Crippen LogP contribution >= 0.6 is 0 Å². The summed E-state index contributed by atoms with van der Waals surface area (Å²) in [5.74, 6) is -0.0807. The van der Waals surface area contributed by atoms with E-state index in [2.05, 4.69) is 33.9 Å². The molecule has 3 rings (SSSR count). The molecule has 1 saturated heterocycles. The predicted molar refractivity (Wildman–Crippen MR) is 106 cm³/mol. The molecule has 0 atom stereocenters. The van der Waals surface area contributed by atoms with Crippen LogP contribution in [0.15, 0.2) is 53.4 Å². The van der Waals surface area contributed by atoms with Crippen LogP contribution in [0, 0.1) is 18.7 Å². The van der Waals surface area contributed by atoms with Crippen molar-refractivity contribution in [3.63, 3.8) is 0 Å². The Kier molecular flexibility index (Phi) is 6.63. The maximum Gasteiger partial charge on any atom is 0.240 e. The number of rotatable bonds is 7. The van der Waals surface area contributed by atoms with Crippen molar-refractivity contribution < 1.29 is 12.8 Å². The molecular formula is C21H27FN2O2S. The van der Waals surface area contributed by atoms with Gasteiger partial charge in [0.05, 0.1) is 4.90 Å². The molecule has 0 spiro atoms. The first-order chi connectivity index (χ1) is 12.9. The Bertz CT molecular complexity index is 848. The molecule has 0 radical (unpaired) electrons. The summed E-state index contributed by atoms with van der Waals surface area (Å²) in [6.45, 7) is 5.08. The molecule has 1 N–H and O–H groups in total. The molecule has 0 bridgehead atoms. The molecule has 1 heterocycles. The Hall–Kier alpha value is -1.76. The minimum absolute atomic E-state index is 0.157. The Balaban J connectivity index is 1.45. The highest BCUT2D eigenvalue weighted by molar-refractivity contribution is 7.89. The van der Waals surface area contributed by atoms with Crippen LogP contribution in [0.1, 0.15) is 24.0 Å². The van der Waals surface area contributed by atoms with E-state index in [1.165, 1.54) is 23.8 Å². The molecule has 27 heavy (non-hydrogen) atoms. The van der Waals surface area contributed by atoms with Crippen LogP contribution < -0.4 is 4.72 Å². The van der Waals surface area contributed by atoms with Crippen molar-refractivity contribution in [2.45, 2.75) is 31.1 Å². The predicted octanol–water partition coefficient (Wildman–Crippen LogP) is 3.37. The monoisotopic (exact) mass is 390 g/mol. The van der Waals surface area contributed by atoms with Gasteiger partial charge < -0.3 is 4.90 Å². The number of aryl methyl sites for hydroxylation is 1. The fourth-order valence-corrected chi connectivity index (χ4v) is 4.91. The molecule has 1 aliphatic rings. The molecule has 4 nitrogen and oxygen atoms in total. The lowest BCUT2D eigenvalue weighted by Crippen LogP contribution is -2.39. The minimum Gasteiger partial charge on any atom is -0.303 e. The maximum atomic E-state index is 13.2. The van der Waals surface area contributed by atoms with Gasteiger partial charge in [-0.15, -0.1) is 0 Å². The van der Waals surface area contributed by atoms with E-state index in [0.717, 1.165) is 38.9 Å². The molecule has 2 aromatic carbocycles. The third-order valence-corrected chi connectivity index (χ3v) is 6.84. The smallest absolute Gasteiger partial charge is 0.240 e. The number of nitrogens with one attached hydrogen (secondary N) is 1. The van der Waals surface area contributed by atoms with E-state index in [9.17, 15) is 12.8 Å². The van der Waals surface area contributed by atoms with E-state index in [-0.39, 0.29) is 4.90 Å². The quantitative estimate of drug-likeness (QED) is 0.789. The Morgan fingerprint density at radius 2 is 1.81 bits per heavy atom. The SMILES string of the molecule is Cc1cc(F)ccc1S(=O)(=O)NCC1CCN(CCc2ccccc2)CC1. The van der Waals surface area contributed by atoms with Crippen molar-refractivity contribution in [1.29, 1.82) is 0 Å². The Morgan fingerprint density at radius 1 is 1.11 bits per heavy atom. The van der Waals surface area contributed by atoms with E-state index >= 15 is 0 Å². The summed E-state index contributed by atoms with van der Waals surface area (Å²) in [7, 11) is -3.60. The number of halogens is 1. The summed E-state index contributed by atoms with van der Waals surface area (Å²) in [4.78, 5) is 2.60. The van der Waals surface area contributed by atoms with Gasteiger partial charge >= 0.3 is 0 Å². The van der Waals surface area contributed by atoms with Crippen LogP contribution in [-0.4, -0.2) is 39.5 Å². The number of piperidine rings is 1. The topological polar surface area (TPSA) is 49.4 Å². The van der Waals surface area contributed by atoms with Gasteiger partial charge in [-0.2, -0.15) is 0 Å². The van der Waals surface area contributed by atoms with Crippen molar-refractivity contribution >= 4 is 10.0 Å². The third-order valence-electron chi connectivity index (χ3n) is 5.26. The molecule has 146 valence electrons. The highest BCUT2D eigenvalue weighted by atomic mass is 32.2. The fraction of sp³-hybridized carbons (Fsp3) is 0.429. The van der Waals surface area contributed by atoms with Gasteiger partial charge in [0.15, 0.2) is 0 Å². The number of nitrogens with zero attached hydrogens (tertiary/aromatic N) is 1. The average Bonchev–Trinajstić information content (AvgIpc) is 2.66. The maximum absolute atomic E-state index is 13.2. The standard InChI is InChI=1S/C21H27FN2O2S/c1-17-15-20(22)7-8-21(17)27(25,26)23-16-19-10-13-24(14-11-19)12-9-18-5-3-2-4-6-18/h2-8,15,19,23H,9-14,16H2,1H3. The highest BCUT2D eigenvalue weighted by Crippen LogP contribution is 2.20. The first-order valence-corrected chi connectivity index (χ1v) is 10.9. The normalized spacial score (nSPS) is 16.5. The van der Waals surface area contributed by atoms with Crippen LogP contribution in [0.4, 0.5) is 4.39 Å². The van der Waals surface area contributed by atoms with Crippen molar-refractivity contribution in [2.24, 2.45) is 5.92 Å². The van der Waals surface area contributed by atoms with E-state index in [1.54, 1.807) is 6.92 Å². The zero-order chi connectivity index (χ0) is 19.3. The summed E-state index contributed by atoms with van der Waals surface area (Å²) in [5.41, 5.74) is 1.78. The zero-order valence-corrected chi connectivity index (χ0v) is 16.5. The lowest BCUT2D eigenvalue weighted by atomic mass is 9.97. The second-order valence-electron chi connectivity index (χ2n) is 7.28. The van der Waals surface area contributed by atoms with Gasteiger partial charge in [-0.3, -0.25) is 0 Å². The van der Waals surface area contributed by atoms with Gasteiger partial charge in [0, 0.05) is 13.1 Å². The molecule has 0 unspecified atom stereocenters. The van der Waals surface area contributed by atoms with Gasteiger partial charge in [0.25, 0.3) is 0 Å². The van der Waals surface area contributed by atoms with Crippen LogP contribution in [0.2, 0.25) is 0 Å². The van der Waals surface area contributed by atoms with Gasteiger partial charge in [0.1, 0.15) is 5.82 Å². The summed E-state index contributed by atoms with van der Waals surface area (Å²) >= 11 is 0. The van der Waals surface area contributed by atoms with Crippen molar-refractivity contribution in [3.8, 4) is 0 Å². The van der Waals surface area contributed by atoms with Crippen molar-refractivity contribution in [1.82, 2.24) is 9.62 Å². The van der Waals surface area contributed by atoms with Crippen LogP contribution in [0.25, 0.3) is 0 Å². The van der Waals surface area contributed by atoms with E-state index < -0.39 is 15.8 Å². The molecule has 0 amide bonds. The molecular weight excluding hydrogens is 363 g/mol. The molecule has 0 aliphatic carbocycles.